The zero-order valence-electron chi connectivity index (χ0n) is 11.4. The lowest BCUT2D eigenvalue weighted by Crippen LogP contribution is -2.47. The van der Waals surface area contributed by atoms with Crippen LogP contribution in [0.1, 0.15) is 27.7 Å². The maximum Gasteiger partial charge on any atom is 0.415 e. The summed E-state index contributed by atoms with van der Waals surface area (Å²) < 4.78 is 10.9. The van der Waals surface area contributed by atoms with Crippen molar-refractivity contribution < 1.29 is 14.3 Å². The van der Waals surface area contributed by atoms with Gasteiger partial charge in [0.1, 0.15) is 17.9 Å². The predicted octanol–water partition coefficient (Wildman–Crippen LogP) is 3.26. The van der Waals surface area contributed by atoms with E-state index >= 15 is 0 Å². The second-order valence-electron chi connectivity index (χ2n) is 5.49. The van der Waals surface area contributed by atoms with Gasteiger partial charge in [0.2, 0.25) is 5.88 Å². The van der Waals surface area contributed by atoms with Crippen LogP contribution in [0.25, 0.3) is 0 Å². The number of carbonyl (C=O) groups excluding carboxylic acids is 1. The zero-order valence-corrected chi connectivity index (χ0v) is 12.2. The van der Waals surface area contributed by atoms with Gasteiger partial charge in [0.15, 0.2) is 0 Å². The molecule has 0 unspecified atom stereocenters. The molecule has 0 saturated heterocycles. The minimum absolute atomic E-state index is 0.136. The van der Waals surface area contributed by atoms with Crippen molar-refractivity contribution in [3.05, 3.63) is 17.3 Å². The smallest absolute Gasteiger partial charge is 0.415 e. The number of pyridine rings is 1. The van der Waals surface area contributed by atoms with Gasteiger partial charge in [-0.1, -0.05) is 11.6 Å². The summed E-state index contributed by atoms with van der Waals surface area (Å²) in [6, 6.07) is 1.52. The first kappa shape index (κ1) is 13.9. The van der Waals surface area contributed by atoms with Crippen molar-refractivity contribution in [2.75, 3.05) is 11.5 Å². The molecular weight excluding hydrogens is 268 g/mol. The summed E-state index contributed by atoms with van der Waals surface area (Å²) in [5.41, 5.74) is -0.0122. The lowest BCUT2D eigenvalue weighted by Gasteiger charge is -2.35. The van der Waals surface area contributed by atoms with Gasteiger partial charge in [0.05, 0.1) is 11.1 Å². The van der Waals surface area contributed by atoms with Crippen LogP contribution < -0.4 is 9.64 Å². The molecule has 6 heteroatoms. The molecule has 104 valence electrons. The molecule has 0 bridgehead atoms. The Hall–Kier alpha value is -1.49. The molecule has 1 amide bonds. The van der Waals surface area contributed by atoms with Crippen LogP contribution in [-0.4, -0.2) is 29.3 Å². The highest BCUT2D eigenvalue weighted by molar-refractivity contribution is 6.30. The first-order valence-electron chi connectivity index (χ1n) is 6.08. The van der Waals surface area contributed by atoms with Crippen LogP contribution in [0.15, 0.2) is 12.3 Å². The van der Waals surface area contributed by atoms with E-state index in [1.807, 2.05) is 27.7 Å². The average Bonchev–Trinajstić information content (AvgIpc) is 2.25. The molecule has 0 fully saturated rings. The third-order valence-electron chi connectivity index (χ3n) is 2.55. The average molecular weight is 285 g/mol. The van der Waals surface area contributed by atoms with E-state index in [1.54, 1.807) is 6.07 Å². The van der Waals surface area contributed by atoms with E-state index in [4.69, 9.17) is 21.1 Å². The molecule has 1 aliphatic heterocycles. The summed E-state index contributed by atoms with van der Waals surface area (Å²) in [4.78, 5) is 17.9. The van der Waals surface area contributed by atoms with Gasteiger partial charge in [0, 0.05) is 6.20 Å². The molecule has 2 rings (SSSR count). The van der Waals surface area contributed by atoms with Gasteiger partial charge in [-0.2, -0.15) is 0 Å². The molecule has 1 atom stereocenters. The summed E-state index contributed by atoms with van der Waals surface area (Å²) in [7, 11) is 0. The molecule has 0 aromatic carbocycles. The fraction of sp³-hybridized carbons (Fsp3) is 0.538. The first-order valence-corrected chi connectivity index (χ1v) is 6.46. The second-order valence-corrected chi connectivity index (χ2v) is 5.92. The van der Waals surface area contributed by atoms with E-state index in [2.05, 4.69) is 4.98 Å². The lowest BCUT2D eigenvalue weighted by molar-refractivity contribution is 0.0546. The molecule has 0 spiro atoms. The highest BCUT2D eigenvalue weighted by atomic mass is 35.5. The summed E-state index contributed by atoms with van der Waals surface area (Å²) in [6.07, 6.45) is 1.07. The molecular formula is C13H17ClN2O3. The van der Waals surface area contributed by atoms with Gasteiger partial charge in [-0.3, -0.25) is 4.90 Å². The standard InChI is InChI=1S/C13H17ClN2O3/c1-8-7-18-11-10(5-9(14)6-15-11)16(8)12(17)19-13(2,3)4/h5-6,8H,7H2,1-4H3/t8-/m0/s1. The van der Waals surface area contributed by atoms with E-state index in [-0.39, 0.29) is 6.04 Å². The normalized spacial score (nSPS) is 18.6. The van der Waals surface area contributed by atoms with Gasteiger partial charge in [0.25, 0.3) is 0 Å². The molecule has 2 heterocycles. The highest BCUT2D eigenvalue weighted by Gasteiger charge is 2.33. The van der Waals surface area contributed by atoms with Crippen LogP contribution >= 0.6 is 11.6 Å². The van der Waals surface area contributed by atoms with Crippen molar-refractivity contribution in [2.24, 2.45) is 0 Å². The van der Waals surface area contributed by atoms with Gasteiger partial charge in [-0.05, 0) is 33.8 Å². The van der Waals surface area contributed by atoms with Crippen LogP contribution in [0, 0.1) is 0 Å². The van der Waals surface area contributed by atoms with Crippen LogP contribution in [0.5, 0.6) is 5.88 Å². The minimum atomic E-state index is -0.554. The van der Waals surface area contributed by atoms with E-state index in [0.29, 0.717) is 23.2 Å². The van der Waals surface area contributed by atoms with Gasteiger partial charge in [-0.25, -0.2) is 9.78 Å². The van der Waals surface area contributed by atoms with Crippen LogP contribution in [0.2, 0.25) is 5.02 Å². The molecule has 1 aromatic heterocycles. The molecule has 1 aliphatic rings. The van der Waals surface area contributed by atoms with E-state index in [1.165, 1.54) is 11.1 Å². The summed E-state index contributed by atoms with van der Waals surface area (Å²) in [5.74, 6) is 0.397. The third kappa shape index (κ3) is 3.10. The first-order chi connectivity index (χ1) is 8.78. The van der Waals surface area contributed by atoms with E-state index in [0.717, 1.165) is 0 Å². The summed E-state index contributed by atoms with van der Waals surface area (Å²) in [6.45, 7) is 7.74. The lowest BCUT2D eigenvalue weighted by atomic mass is 10.2. The number of nitrogens with zero attached hydrogens (tertiary/aromatic N) is 2. The minimum Gasteiger partial charge on any atom is -0.474 e. The van der Waals surface area contributed by atoms with Crippen LogP contribution in [-0.2, 0) is 4.74 Å². The number of hydrogen-bond donors (Lipinski definition) is 0. The number of carbonyl (C=O) groups is 1. The molecule has 1 aromatic rings. The molecule has 0 saturated carbocycles. The molecule has 5 nitrogen and oxygen atoms in total. The van der Waals surface area contributed by atoms with Crippen molar-refractivity contribution in [3.63, 3.8) is 0 Å². The number of ether oxygens (including phenoxy) is 2. The van der Waals surface area contributed by atoms with Crippen molar-refractivity contribution in [2.45, 2.75) is 39.3 Å². The van der Waals surface area contributed by atoms with Crippen molar-refractivity contribution in [1.29, 1.82) is 0 Å². The summed E-state index contributed by atoms with van der Waals surface area (Å²) >= 11 is 5.93. The highest BCUT2D eigenvalue weighted by Crippen LogP contribution is 2.34. The number of aromatic nitrogens is 1. The zero-order chi connectivity index (χ0) is 14.2. The van der Waals surface area contributed by atoms with Gasteiger partial charge >= 0.3 is 6.09 Å². The number of amides is 1. The van der Waals surface area contributed by atoms with Crippen molar-refractivity contribution >= 4 is 23.4 Å². The summed E-state index contributed by atoms with van der Waals surface area (Å²) in [5, 5.41) is 0.449. The Morgan fingerprint density at radius 2 is 2.26 bits per heavy atom. The second kappa shape index (κ2) is 4.89. The Labute approximate surface area is 117 Å². The van der Waals surface area contributed by atoms with Crippen LogP contribution in [0.4, 0.5) is 10.5 Å². The quantitative estimate of drug-likeness (QED) is 0.734. The monoisotopic (exact) mass is 284 g/mol. The van der Waals surface area contributed by atoms with Crippen molar-refractivity contribution in [1.82, 2.24) is 4.98 Å². The molecule has 0 radical (unpaired) electrons. The van der Waals surface area contributed by atoms with Gasteiger partial charge < -0.3 is 9.47 Å². The van der Waals surface area contributed by atoms with E-state index in [9.17, 15) is 4.79 Å². The fourth-order valence-corrected chi connectivity index (χ4v) is 1.95. The number of rotatable bonds is 0. The SMILES string of the molecule is C[C@H]1COc2ncc(Cl)cc2N1C(=O)OC(C)(C)C. The Kier molecular flexibility index (Phi) is 3.58. The number of fused-ring (bicyclic) bond motifs is 1. The molecule has 0 N–H and O–H groups in total. The Morgan fingerprint density at radius 1 is 1.58 bits per heavy atom. The number of anilines is 1. The van der Waals surface area contributed by atoms with Crippen molar-refractivity contribution in [3.8, 4) is 5.88 Å². The number of halogens is 1. The molecule has 0 aliphatic carbocycles. The molecule has 19 heavy (non-hydrogen) atoms. The maximum absolute atomic E-state index is 12.3. The topological polar surface area (TPSA) is 51.7 Å². The van der Waals surface area contributed by atoms with Crippen LogP contribution in [0.3, 0.4) is 0 Å². The van der Waals surface area contributed by atoms with Gasteiger partial charge in [-0.15, -0.1) is 0 Å². The van der Waals surface area contributed by atoms with E-state index < -0.39 is 11.7 Å². The Balaban J connectivity index is 2.35. The third-order valence-corrected chi connectivity index (χ3v) is 2.76. The number of hydrogen-bond acceptors (Lipinski definition) is 4. The fourth-order valence-electron chi connectivity index (χ4n) is 1.80. The Bertz CT molecular complexity index is 499. The maximum atomic E-state index is 12.3. The largest absolute Gasteiger partial charge is 0.474 e. The Morgan fingerprint density at radius 3 is 2.89 bits per heavy atom. The predicted molar refractivity (Wildman–Crippen MR) is 72.9 cm³/mol.